The van der Waals surface area contributed by atoms with Crippen molar-refractivity contribution in [1.29, 1.82) is 0 Å². The highest BCUT2D eigenvalue weighted by Crippen LogP contribution is 2.26. The van der Waals surface area contributed by atoms with Gasteiger partial charge in [-0.2, -0.15) is 13.2 Å². The Morgan fingerprint density at radius 1 is 1.45 bits per heavy atom. The Labute approximate surface area is 65.1 Å². The maximum atomic E-state index is 11.7. The Kier molecular flexibility index (Phi) is 4.23. The molecule has 0 aliphatic carbocycles. The summed E-state index contributed by atoms with van der Waals surface area (Å²) < 4.78 is 35.1. The minimum absolute atomic E-state index is 0.284. The van der Waals surface area contributed by atoms with Crippen LogP contribution in [-0.4, -0.2) is 6.18 Å². The van der Waals surface area contributed by atoms with Crippen molar-refractivity contribution < 1.29 is 13.2 Å². The number of rotatable bonds is 4. The number of hydrogen-bond acceptors (Lipinski definition) is 0. The summed E-state index contributed by atoms with van der Waals surface area (Å²) in [6, 6.07) is 0. The minimum Gasteiger partial charge on any atom is -0.171 e. The molecule has 0 heterocycles. The number of allylic oxidation sites excluding steroid dienone is 1. The van der Waals surface area contributed by atoms with Crippen LogP contribution < -0.4 is 0 Å². The summed E-state index contributed by atoms with van der Waals surface area (Å²) in [6.07, 6.45) is -1.81. The van der Waals surface area contributed by atoms with Crippen LogP contribution in [0.4, 0.5) is 13.2 Å². The first kappa shape index (κ1) is 10.5. The van der Waals surface area contributed by atoms with Crippen molar-refractivity contribution >= 4 is 0 Å². The molecule has 0 aliphatic rings. The van der Waals surface area contributed by atoms with E-state index in [4.69, 9.17) is 0 Å². The fourth-order valence-corrected chi connectivity index (χ4v) is 0.900. The Morgan fingerprint density at radius 2 is 2.00 bits per heavy atom. The van der Waals surface area contributed by atoms with Gasteiger partial charge in [0.15, 0.2) is 0 Å². The first-order valence-corrected chi connectivity index (χ1v) is 3.63. The normalized spacial score (nSPS) is 14.5. The molecule has 0 spiro atoms. The van der Waals surface area contributed by atoms with Gasteiger partial charge in [0.25, 0.3) is 0 Å². The molecule has 0 fully saturated rings. The lowest BCUT2D eigenvalue weighted by molar-refractivity contribution is -0.143. The van der Waals surface area contributed by atoms with Crippen LogP contribution in [0.5, 0.6) is 0 Å². The standard InChI is InChI=1S/C8H13F3/c1-3-4-5-7(2)6-8(9,10)11/h3,7H,1,4-6H2,2H3. The monoisotopic (exact) mass is 166 g/mol. The molecule has 0 rings (SSSR count). The smallest absolute Gasteiger partial charge is 0.171 e. The molecule has 1 atom stereocenters. The van der Waals surface area contributed by atoms with Gasteiger partial charge in [-0.05, 0) is 18.8 Å². The maximum absolute atomic E-state index is 11.7. The summed E-state index contributed by atoms with van der Waals surface area (Å²) in [7, 11) is 0. The van der Waals surface area contributed by atoms with Gasteiger partial charge in [0.1, 0.15) is 0 Å². The van der Waals surface area contributed by atoms with E-state index in [0.717, 1.165) is 0 Å². The highest BCUT2D eigenvalue weighted by Gasteiger charge is 2.29. The fourth-order valence-electron chi connectivity index (χ4n) is 0.900. The molecule has 0 aromatic carbocycles. The molecule has 0 saturated heterocycles. The van der Waals surface area contributed by atoms with E-state index >= 15 is 0 Å². The van der Waals surface area contributed by atoms with Crippen LogP contribution in [0.25, 0.3) is 0 Å². The van der Waals surface area contributed by atoms with Gasteiger partial charge < -0.3 is 0 Å². The molecule has 0 aromatic rings. The lowest BCUT2D eigenvalue weighted by Crippen LogP contribution is -2.12. The van der Waals surface area contributed by atoms with Gasteiger partial charge in [-0.15, -0.1) is 6.58 Å². The quantitative estimate of drug-likeness (QED) is 0.560. The Morgan fingerprint density at radius 3 is 2.36 bits per heavy atom. The van der Waals surface area contributed by atoms with Gasteiger partial charge in [-0.25, -0.2) is 0 Å². The SMILES string of the molecule is C=CCCC(C)CC(F)(F)F. The van der Waals surface area contributed by atoms with Crippen molar-refractivity contribution in [2.24, 2.45) is 5.92 Å². The predicted octanol–water partition coefficient (Wildman–Crippen LogP) is 3.54. The lowest BCUT2D eigenvalue weighted by atomic mass is 10.0. The average molecular weight is 166 g/mol. The van der Waals surface area contributed by atoms with Crippen LogP contribution in [0.3, 0.4) is 0 Å². The molecule has 0 aromatic heterocycles. The zero-order valence-electron chi connectivity index (χ0n) is 6.62. The molecule has 0 aliphatic heterocycles. The van der Waals surface area contributed by atoms with Crippen molar-refractivity contribution in [1.82, 2.24) is 0 Å². The number of halogens is 3. The van der Waals surface area contributed by atoms with E-state index in [9.17, 15) is 13.2 Å². The van der Waals surface area contributed by atoms with Crippen LogP contribution in [0, 0.1) is 5.92 Å². The molecular formula is C8H13F3. The topological polar surface area (TPSA) is 0 Å². The van der Waals surface area contributed by atoms with Crippen molar-refractivity contribution in [2.45, 2.75) is 32.4 Å². The van der Waals surface area contributed by atoms with Crippen LogP contribution in [0.2, 0.25) is 0 Å². The summed E-state index contributed by atoms with van der Waals surface area (Å²) in [4.78, 5) is 0. The Bertz CT molecular complexity index is 115. The average Bonchev–Trinajstić information content (AvgIpc) is 1.79. The predicted molar refractivity (Wildman–Crippen MR) is 39.3 cm³/mol. The van der Waals surface area contributed by atoms with Crippen LogP contribution >= 0.6 is 0 Å². The van der Waals surface area contributed by atoms with Crippen molar-refractivity contribution in [3.8, 4) is 0 Å². The molecule has 1 unspecified atom stereocenters. The second-order valence-corrected chi connectivity index (χ2v) is 2.79. The van der Waals surface area contributed by atoms with Gasteiger partial charge in [0.2, 0.25) is 0 Å². The van der Waals surface area contributed by atoms with E-state index < -0.39 is 12.6 Å². The first-order chi connectivity index (χ1) is 4.95. The summed E-state index contributed by atoms with van der Waals surface area (Å²) in [5.74, 6) is -0.284. The molecule has 0 radical (unpaired) electrons. The molecule has 0 amide bonds. The van der Waals surface area contributed by atoms with Crippen LogP contribution in [0.15, 0.2) is 12.7 Å². The number of alkyl halides is 3. The van der Waals surface area contributed by atoms with Crippen molar-refractivity contribution in [3.63, 3.8) is 0 Å². The summed E-state index contributed by atoms with van der Waals surface area (Å²) >= 11 is 0. The maximum Gasteiger partial charge on any atom is 0.389 e. The second kappa shape index (κ2) is 4.42. The molecule has 0 bridgehead atoms. The van der Waals surface area contributed by atoms with Gasteiger partial charge in [-0.3, -0.25) is 0 Å². The van der Waals surface area contributed by atoms with Crippen LogP contribution in [-0.2, 0) is 0 Å². The third kappa shape index (κ3) is 7.43. The summed E-state index contributed by atoms with van der Waals surface area (Å²) in [5.41, 5.74) is 0. The molecule has 11 heavy (non-hydrogen) atoms. The minimum atomic E-state index is -4.01. The van der Waals surface area contributed by atoms with Gasteiger partial charge >= 0.3 is 6.18 Å². The fraction of sp³-hybridized carbons (Fsp3) is 0.750. The molecule has 0 nitrogen and oxygen atoms in total. The zero-order chi connectivity index (χ0) is 8.91. The van der Waals surface area contributed by atoms with E-state index in [0.29, 0.717) is 12.8 Å². The molecule has 66 valence electrons. The summed E-state index contributed by atoms with van der Waals surface area (Å²) in [5, 5.41) is 0. The van der Waals surface area contributed by atoms with E-state index in [1.54, 1.807) is 13.0 Å². The van der Waals surface area contributed by atoms with E-state index in [1.807, 2.05) is 0 Å². The Balaban J connectivity index is 3.51. The van der Waals surface area contributed by atoms with Gasteiger partial charge in [-0.1, -0.05) is 13.0 Å². The summed E-state index contributed by atoms with van der Waals surface area (Å²) in [6.45, 7) is 5.06. The number of hydrogen-bond donors (Lipinski definition) is 0. The first-order valence-electron chi connectivity index (χ1n) is 3.63. The van der Waals surface area contributed by atoms with E-state index in [2.05, 4.69) is 6.58 Å². The molecule has 3 heteroatoms. The van der Waals surface area contributed by atoms with Gasteiger partial charge in [0, 0.05) is 6.42 Å². The van der Waals surface area contributed by atoms with Crippen molar-refractivity contribution in [3.05, 3.63) is 12.7 Å². The van der Waals surface area contributed by atoms with Crippen LogP contribution in [0.1, 0.15) is 26.2 Å². The largest absolute Gasteiger partial charge is 0.389 e. The van der Waals surface area contributed by atoms with Crippen molar-refractivity contribution in [2.75, 3.05) is 0 Å². The third-order valence-corrected chi connectivity index (χ3v) is 1.44. The van der Waals surface area contributed by atoms with E-state index in [1.165, 1.54) is 0 Å². The molecular weight excluding hydrogens is 153 g/mol. The highest BCUT2D eigenvalue weighted by atomic mass is 19.4. The highest BCUT2D eigenvalue weighted by molar-refractivity contribution is 4.69. The molecule has 0 N–H and O–H groups in total. The zero-order valence-corrected chi connectivity index (χ0v) is 6.62. The van der Waals surface area contributed by atoms with Gasteiger partial charge in [0.05, 0.1) is 0 Å². The molecule has 0 saturated carbocycles. The Hall–Kier alpha value is -0.470. The third-order valence-electron chi connectivity index (χ3n) is 1.44. The van der Waals surface area contributed by atoms with E-state index in [-0.39, 0.29) is 5.92 Å². The lowest BCUT2D eigenvalue weighted by Gasteiger charge is -2.12. The second-order valence-electron chi connectivity index (χ2n) is 2.79.